The summed E-state index contributed by atoms with van der Waals surface area (Å²) in [6.07, 6.45) is 6.40. The molecule has 1 aromatic rings. The zero-order valence-electron chi connectivity index (χ0n) is 14.9. The monoisotopic (exact) mass is 365 g/mol. The van der Waals surface area contributed by atoms with E-state index in [1.54, 1.807) is 0 Å². The fourth-order valence-electron chi connectivity index (χ4n) is 4.25. The SMILES string of the molecule is C=Cn1c(P(=O)(N2CCOCC2)N2CCOCC2)cc2c1CCCC2. The maximum atomic E-state index is 14.6. The number of hydrogen-bond acceptors (Lipinski definition) is 3. The molecular formula is C18H28N3O3P. The smallest absolute Gasteiger partial charge is 0.262 e. The van der Waals surface area contributed by atoms with Gasteiger partial charge in [0, 0.05) is 38.1 Å². The number of ether oxygens (including phenoxy) is 2. The average molecular weight is 365 g/mol. The maximum Gasteiger partial charge on any atom is 0.262 e. The third kappa shape index (κ3) is 3.04. The topological polar surface area (TPSA) is 46.9 Å². The van der Waals surface area contributed by atoms with Crippen LogP contribution in [0.15, 0.2) is 12.6 Å². The van der Waals surface area contributed by atoms with E-state index in [1.165, 1.54) is 24.1 Å². The summed E-state index contributed by atoms with van der Waals surface area (Å²) >= 11 is 0. The Morgan fingerprint density at radius 2 is 1.52 bits per heavy atom. The fraction of sp³-hybridized carbons (Fsp3) is 0.667. The van der Waals surface area contributed by atoms with Gasteiger partial charge >= 0.3 is 0 Å². The Labute approximate surface area is 149 Å². The second-order valence-electron chi connectivity index (χ2n) is 6.91. The molecule has 4 rings (SSSR count). The summed E-state index contributed by atoms with van der Waals surface area (Å²) in [6.45, 7) is 9.44. The van der Waals surface area contributed by atoms with Gasteiger partial charge in [-0.3, -0.25) is 4.57 Å². The molecule has 1 aromatic heterocycles. The van der Waals surface area contributed by atoms with Crippen molar-refractivity contribution in [3.63, 3.8) is 0 Å². The van der Waals surface area contributed by atoms with Gasteiger partial charge in [0.25, 0.3) is 7.44 Å². The number of aryl methyl sites for hydroxylation is 1. The number of rotatable bonds is 4. The van der Waals surface area contributed by atoms with Crippen LogP contribution in [0, 0.1) is 0 Å². The molecule has 3 heterocycles. The predicted molar refractivity (Wildman–Crippen MR) is 99.5 cm³/mol. The Hall–Kier alpha value is -0.910. The van der Waals surface area contributed by atoms with E-state index in [2.05, 4.69) is 26.6 Å². The second kappa shape index (κ2) is 7.37. The first-order valence-corrected chi connectivity index (χ1v) is 11.0. The van der Waals surface area contributed by atoms with Crippen molar-refractivity contribution in [1.82, 2.24) is 13.9 Å². The molecule has 0 spiro atoms. The van der Waals surface area contributed by atoms with Gasteiger partial charge in [0.15, 0.2) is 0 Å². The van der Waals surface area contributed by atoms with E-state index >= 15 is 0 Å². The van der Waals surface area contributed by atoms with Crippen LogP contribution in [-0.4, -0.2) is 66.5 Å². The van der Waals surface area contributed by atoms with Crippen molar-refractivity contribution in [2.24, 2.45) is 0 Å². The Balaban J connectivity index is 1.81. The minimum atomic E-state index is -2.88. The highest BCUT2D eigenvalue weighted by Crippen LogP contribution is 2.53. The lowest BCUT2D eigenvalue weighted by atomic mass is 9.98. The van der Waals surface area contributed by atoms with Gasteiger partial charge in [-0.05, 0) is 37.3 Å². The number of nitrogens with zero attached hydrogens (tertiary/aromatic N) is 3. The molecule has 2 fully saturated rings. The molecule has 0 radical (unpaired) electrons. The van der Waals surface area contributed by atoms with Crippen molar-refractivity contribution in [2.75, 3.05) is 52.6 Å². The largest absolute Gasteiger partial charge is 0.379 e. The summed E-state index contributed by atoms with van der Waals surface area (Å²) in [5.41, 5.74) is 3.58. The lowest BCUT2D eigenvalue weighted by Crippen LogP contribution is -2.47. The lowest BCUT2D eigenvalue weighted by molar-refractivity contribution is 0.0537. The predicted octanol–water partition coefficient (Wildman–Crippen LogP) is 1.95. The Kier molecular flexibility index (Phi) is 5.16. The van der Waals surface area contributed by atoms with Crippen molar-refractivity contribution < 1.29 is 14.0 Å². The van der Waals surface area contributed by atoms with Crippen LogP contribution in [0.5, 0.6) is 0 Å². The van der Waals surface area contributed by atoms with Gasteiger partial charge in [0.2, 0.25) is 0 Å². The normalized spacial score (nSPS) is 23.4. The molecule has 25 heavy (non-hydrogen) atoms. The molecular weight excluding hydrogens is 337 g/mol. The molecule has 0 N–H and O–H groups in total. The van der Waals surface area contributed by atoms with Crippen LogP contribution in [-0.2, 0) is 26.9 Å². The molecule has 2 saturated heterocycles. The summed E-state index contributed by atoms with van der Waals surface area (Å²) in [7, 11) is -2.88. The van der Waals surface area contributed by atoms with E-state index in [9.17, 15) is 4.57 Å². The van der Waals surface area contributed by atoms with Gasteiger partial charge in [-0.2, -0.15) is 0 Å². The Morgan fingerprint density at radius 1 is 0.960 bits per heavy atom. The molecule has 1 aliphatic carbocycles. The first-order chi connectivity index (χ1) is 12.2. The molecule has 0 atom stereocenters. The van der Waals surface area contributed by atoms with Crippen LogP contribution in [0.3, 0.4) is 0 Å². The minimum Gasteiger partial charge on any atom is -0.379 e. The highest BCUT2D eigenvalue weighted by atomic mass is 31.2. The molecule has 0 unspecified atom stereocenters. The van der Waals surface area contributed by atoms with Crippen molar-refractivity contribution in [3.8, 4) is 0 Å². The zero-order valence-corrected chi connectivity index (χ0v) is 15.8. The van der Waals surface area contributed by atoms with Gasteiger partial charge in [0.05, 0.1) is 26.4 Å². The molecule has 0 bridgehead atoms. The fourth-order valence-corrected chi connectivity index (χ4v) is 7.41. The lowest BCUT2D eigenvalue weighted by Gasteiger charge is -2.42. The summed E-state index contributed by atoms with van der Waals surface area (Å²) in [5.74, 6) is 0. The molecule has 138 valence electrons. The molecule has 0 aromatic carbocycles. The maximum absolute atomic E-state index is 14.6. The summed E-state index contributed by atoms with van der Waals surface area (Å²) in [4.78, 5) is 0. The van der Waals surface area contributed by atoms with Gasteiger partial charge < -0.3 is 14.0 Å². The average Bonchev–Trinajstić information content (AvgIpc) is 3.08. The van der Waals surface area contributed by atoms with E-state index in [4.69, 9.17) is 9.47 Å². The van der Waals surface area contributed by atoms with E-state index < -0.39 is 7.44 Å². The highest BCUT2D eigenvalue weighted by molar-refractivity contribution is 7.66. The van der Waals surface area contributed by atoms with Crippen molar-refractivity contribution in [2.45, 2.75) is 25.7 Å². The van der Waals surface area contributed by atoms with Gasteiger partial charge in [-0.1, -0.05) is 6.58 Å². The summed E-state index contributed by atoms with van der Waals surface area (Å²) in [5, 5.41) is 0. The molecule has 0 amide bonds. The zero-order chi connectivity index (χ0) is 17.3. The third-order valence-electron chi connectivity index (χ3n) is 5.54. The van der Waals surface area contributed by atoms with Crippen LogP contribution < -0.4 is 5.44 Å². The quantitative estimate of drug-likeness (QED) is 0.764. The van der Waals surface area contributed by atoms with Crippen molar-refractivity contribution in [3.05, 3.63) is 23.9 Å². The molecule has 3 aliphatic rings. The van der Waals surface area contributed by atoms with E-state index in [1.807, 2.05) is 6.20 Å². The van der Waals surface area contributed by atoms with Gasteiger partial charge in [-0.15, -0.1) is 0 Å². The Morgan fingerprint density at radius 3 is 2.08 bits per heavy atom. The second-order valence-corrected chi connectivity index (χ2v) is 9.59. The van der Waals surface area contributed by atoms with Crippen LogP contribution >= 0.6 is 7.44 Å². The number of morpholine rings is 2. The molecule has 2 aliphatic heterocycles. The van der Waals surface area contributed by atoms with Crippen molar-refractivity contribution >= 4 is 19.1 Å². The first-order valence-electron chi connectivity index (χ1n) is 9.37. The summed E-state index contributed by atoms with van der Waals surface area (Å²) in [6, 6.07) is 2.20. The van der Waals surface area contributed by atoms with Crippen LogP contribution in [0.1, 0.15) is 24.1 Å². The van der Waals surface area contributed by atoms with Gasteiger partial charge in [0.1, 0.15) is 5.44 Å². The molecule has 6 nitrogen and oxygen atoms in total. The van der Waals surface area contributed by atoms with Crippen LogP contribution in [0.2, 0.25) is 0 Å². The number of aromatic nitrogens is 1. The number of fused-ring (bicyclic) bond motifs is 1. The minimum absolute atomic E-state index is 0.642. The first kappa shape index (κ1) is 17.5. The molecule has 0 saturated carbocycles. The van der Waals surface area contributed by atoms with Crippen LogP contribution in [0.25, 0.3) is 6.20 Å². The van der Waals surface area contributed by atoms with Crippen LogP contribution in [0.4, 0.5) is 0 Å². The van der Waals surface area contributed by atoms with E-state index in [-0.39, 0.29) is 0 Å². The Bertz CT molecular complexity index is 653. The molecule has 7 heteroatoms. The standard InChI is InChI=1S/C18H28N3O3P/c1-2-21-17-6-4-3-5-16(17)15-18(21)25(22,19-7-11-23-12-8-19)20-9-13-24-14-10-20/h2,15H,1,3-14H2. The van der Waals surface area contributed by atoms with Crippen molar-refractivity contribution in [1.29, 1.82) is 0 Å². The summed E-state index contributed by atoms with van der Waals surface area (Å²) < 4.78 is 32.1. The van der Waals surface area contributed by atoms with Gasteiger partial charge in [-0.25, -0.2) is 9.34 Å². The van der Waals surface area contributed by atoms with E-state index in [0.29, 0.717) is 52.6 Å². The van der Waals surface area contributed by atoms with E-state index in [0.717, 1.165) is 18.3 Å². The third-order valence-corrected chi connectivity index (χ3v) is 8.82. The number of hydrogen-bond donors (Lipinski definition) is 0. The highest BCUT2D eigenvalue weighted by Gasteiger charge is 2.43.